The van der Waals surface area contributed by atoms with Crippen molar-refractivity contribution in [2.24, 2.45) is 0 Å². The van der Waals surface area contributed by atoms with Crippen molar-refractivity contribution in [2.75, 3.05) is 7.05 Å². The van der Waals surface area contributed by atoms with Gasteiger partial charge in [0.1, 0.15) is 0 Å². The number of halogens is 3. The molecule has 2 unspecified atom stereocenters. The van der Waals surface area contributed by atoms with E-state index in [0.29, 0.717) is 17.6 Å². The number of hydrogen-bond donors (Lipinski definition) is 1. The van der Waals surface area contributed by atoms with Crippen LogP contribution in [0.3, 0.4) is 0 Å². The Morgan fingerprint density at radius 2 is 1.71 bits per heavy atom. The van der Waals surface area contributed by atoms with Crippen molar-refractivity contribution in [3.05, 3.63) is 66.0 Å². The Balaban J connectivity index is 1.35. The van der Waals surface area contributed by atoms with E-state index >= 15 is 0 Å². The fourth-order valence-electron chi connectivity index (χ4n) is 5.57. The van der Waals surface area contributed by atoms with Crippen molar-refractivity contribution in [1.29, 1.82) is 0 Å². The third kappa shape index (κ3) is 3.93. The molecule has 2 aliphatic rings. The Morgan fingerprint density at radius 1 is 1.00 bits per heavy atom. The number of nitrogens with zero attached hydrogens (tertiary/aromatic N) is 4. The van der Waals surface area contributed by atoms with E-state index in [-0.39, 0.29) is 23.1 Å². The molecule has 2 aliphatic heterocycles. The second-order valence-corrected chi connectivity index (χ2v) is 9.58. The van der Waals surface area contributed by atoms with E-state index in [9.17, 15) is 18.0 Å². The summed E-state index contributed by atoms with van der Waals surface area (Å²) in [6.07, 6.45) is -0.773. The SMILES string of the molecule is CN1C2CCC1CC(NC(=O)c1cc3nc(-c4ccc5ccccc5c4)cc(C(F)(F)F)n3n1)C2. The van der Waals surface area contributed by atoms with Gasteiger partial charge in [-0.15, -0.1) is 0 Å². The van der Waals surface area contributed by atoms with Crippen LogP contribution >= 0.6 is 0 Å². The quantitative estimate of drug-likeness (QED) is 0.453. The number of amides is 1. The van der Waals surface area contributed by atoms with E-state index in [4.69, 9.17) is 0 Å². The summed E-state index contributed by atoms with van der Waals surface area (Å²) in [4.78, 5) is 19.7. The van der Waals surface area contributed by atoms with Crippen molar-refractivity contribution >= 4 is 22.3 Å². The molecule has 1 amide bonds. The lowest BCUT2D eigenvalue weighted by molar-refractivity contribution is -0.142. The highest BCUT2D eigenvalue weighted by Gasteiger charge is 2.39. The zero-order valence-electron chi connectivity index (χ0n) is 19.1. The normalized spacial score (nSPS) is 22.7. The number of piperidine rings is 1. The van der Waals surface area contributed by atoms with Gasteiger partial charge in [0, 0.05) is 29.8 Å². The Bertz CT molecular complexity index is 1430. The number of alkyl halides is 3. The zero-order chi connectivity index (χ0) is 24.3. The molecule has 0 radical (unpaired) electrons. The molecule has 0 aliphatic carbocycles. The third-order valence-corrected chi connectivity index (χ3v) is 7.43. The van der Waals surface area contributed by atoms with Crippen LogP contribution in [0.15, 0.2) is 54.6 Å². The van der Waals surface area contributed by atoms with Crippen molar-refractivity contribution in [1.82, 2.24) is 24.8 Å². The van der Waals surface area contributed by atoms with E-state index in [1.807, 2.05) is 36.4 Å². The molecule has 2 atom stereocenters. The molecule has 2 fully saturated rings. The maximum Gasteiger partial charge on any atom is 0.433 e. The smallest absolute Gasteiger partial charge is 0.348 e. The van der Waals surface area contributed by atoms with Gasteiger partial charge in [0.2, 0.25) is 0 Å². The Hall–Kier alpha value is -3.46. The third-order valence-electron chi connectivity index (χ3n) is 7.43. The van der Waals surface area contributed by atoms with Crippen LogP contribution in [0.4, 0.5) is 13.2 Å². The Morgan fingerprint density at radius 3 is 2.43 bits per heavy atom. The Labute approximate surface area is 199 Å². The van der Waals surface area contributed by atoms with Crippen LogP contribution in [0.25, 0.3) is 27.7 Å². The maximum absolute atomic E-state index is 14.0. The highest BCUT2D eigenvalue weighted by atomic mass is 19.4. The second-order valence-electron chi connectivity index (χ2n) is 9.58. The zero-order valence-corrected chi connectivity index (χ0v) is 19.1. The van der Waals surface area contributed by atoms with Crippen LogP contribution in [0.5, 0.6) is 0 Å². The summed E-state index contributed by atoms with van der Waals surface area (Å²) in [6, 6.07) is 16.2. The molecule has 1 N–H and O–H groups in total. The second kappa shape index (κ2) is 8.05. The van der Waals surface area contributed by atoms with Gasteiger partial charge in [0.05, 0.1) is 5.69 Å². The van der Waals surface area contributed by atoms with Gasteiger partial charge >= 0.3 is 6.18 Å². The minimum atomic E-state index is -4.67. The summed E-state index contributed by atoms with van der Waals surface area (Å²) in [5.41, 5.74) is -0.316. The van der Waals surface area contributed by atoms with Crippen LogP contribution < -0.4 is 5.32 Å². The number of aromatic nitrogens is 3. The number of carbonyl (C=O) groups excluding carboxylic acids is 1. The summed E-state index contributed by atoms with van der Waals surface area (Å²) >= 11 is 0. The lowest BCUT2D eigenvalue weighted by atomic mass is 9.98. The van der Waals surface area contributed by atoms with E-state index < -0.39 is 17.8 Å². The van der Waals surface area contributed by atoms with Gasteiger partial charge in [-0.25, -0.2) is 9.50 Å². The highest BCUT2D eigenvalue weighted by Crippen LogP contribution is 2.35. The molecule has 6 rings (SSSR count). The lowest BCUT2D eigenvalue weighted by Crippen LogP contribution is -2.48. The standard InChI is InChI=1S/C26H24F3N5O/c1-33-19-8-9-20(33)12-18(11-19)30-25(35)22-14-24-31-21(13-23(26(27,28)29)34(24)32-22)17-7-6-15-4-2-3-5-16(15)10-17/h2-7,10,13-14,18-20H,8-9,11-12H2,1H3,(H,30,35). The largest absolute Gasteiger partial charge is 0.433 e. The van der Waals surface area contributed by atoms with Gasteiger partial charge in [-0.05, 0) is 55.6 Å². The fraction of sp³-hybridized carbons (Fsp3) is 0.346. The highest BCUT2D eigenvalue weighted by molar-refractivity contribution is 5.93. The van der Waals surface area contributed by atoms with Gasteiger partial charge in [0.15, 0.2) is 17.0 Å². The predicted octanol–water partition coefficient (Wildman–Crippen LogP) is 4.92. The van der Waals surface area contributed by atoms with Crippen LogP contribution in [-0.4, -0.2) is 50.6 Å². The average molecular weight is 480 g/mol. The maximum atomic E-state index is 14.0. The first-order chi connectivity index (χ1) is 16.8. The molecule has 0 saturated carbocycles. The van der Waals surface area contributed by atoms with E-state index in [0.717, 1.165) is 47.0 Å². The summed E-state index contributed by atoms with van der Waals surface area (Å²) < 4.78 is 42.7. The van der Waals surface area contributed by atoms with Gasteiger partial charge < -0.3 is 10.2 Å². The molecule has 4 aromatic rings. The first kappa shape index (κ1) is 22.0. The fourth-order valence-corrected chi connectivity index (χ4v) is 5.57. The lowest BCUT2D eigenvalue weighted by Gasteiger charge is -2.36. The van der Waals surface area contributed by atoms with Crippen molar-refractivity contribution in [2.45, 2.75) is 50.0 Å². The summed E-state index contributed by atoms with van der Waals surface area (Å²) in [5, 5.41) is 8.89. The Kier molecular flexibility index (Phi) is 5.07. The van der Waals surface area contributed by atoms with Gasteiger partial charge in [-0.1, -0.05) is 36.4 Å². The van der Waals surface area contributed by atoms with Crippen LogP contribution in [0, 0.1) is 0 Å². The summed E-state index contributed by atoms with van der Waals surface area (Å²) in [5.74, 6) is -0.468. The van der Waals surface area contributed by atoms with Crippen molar-refractivity contribution in [3.63, 3.8) is 0 Å². The minimum Gasteiger partial charge on any atom is -0.348 e. The van der Waals surface area contributed by atoms with Crippen LogP contribution in [0.1, 0.15) is 41.9 Å². The van der Waals surface area contributed by atoms with Crippen LogP contribution in [-0.2, 0) is 6.18 Å². The van der Waals surface area contributed by atoms with Crippen molar-refractivity contribution in [3.8, 4) is 11.3 Å². The molecule has 0 spiro atoms. The summed E-state index contributed by atoms with van der Waals surface area (Å²) in [6.45, 7) is 0. The van der Waals surface area contributed by atoms with Crippen LogP contribution in [0.2, 0.25) is 0 Å². The number of hydrogen-bond acceptors (Lipinski definition) is 4. The minimum absolute atomic E-state index is 0.00998. The first-order valence-electron chi connectivity index (χ1n) is 11.8. The molecule has 180 valence electrons. The molecular weight excluding hydrogens is 455 g/mol. The molecule has 2 bridgehead atoms. The number of nitrogens with one attached hydrogen (secondary N) is 1. The topological polar surface area (TPSA) is 62.5 Å². The number of carbonyl (C=O) groups is 1. The molecule has 9 heteroatoms. The van der Waals surface area contributed by atoms with E-state index in [1.165, 1.54) is 6.07 Å². The average Bonchev–Trinajstić information content (AvgIpc) is 3.34. The van der Waals surface area contributed by atoms with Gasteiger partial charge in [-0.2, -0.15) is 18.3 Å². The first-order valence-corrected chi connectivity index (χ1v) is 11.8. The summed E-state index contributed by atoms with van der Waals surface area (Å²) in [7, 11) is 2.11. The molecule has 2 aromatic carbocycles. The predicted molar refractivity (Wildman–Crippen MR) is 126 cm³/mol. The van der Waals surface area contributed by atoms with Crippen molar-refractivity contribution < 1.29 is 18.0 Å². The molecule has 4 heterocycles. The monoisotopic (exact) mass is 479 g/mol. The molecular formula is C26H24F3N5O. The molecule has 6 nitrogen and oxygen atoms in total. The van der Waals surface area contributed by atoms with Gasteiger partial charge in [0.25, 0.3) is 5.91 Å². The molecule has 2 saturated heterocycles. The van der Waals surface area contributed by atoms with E-state index in [2.05, 4.69) is 27.3 Å². The molecule has 35 heavy (non-hydrogen) atoms. The van der Waals surface area contributed by atoms with Gasteiger partial charge in [-0.3, -0.25) is 4.79 Å². The van der Waals surface area contributed by atoms with E-state index in [1.54, 1.807) is 6.07 Å². The number of rotatable bonds is 3. The number of benzene rings is 2. The molecule has 2 aromatic heterocycles. The number of fused-ring (bicyclic) bond motifs is 4.